The van der Waals surface area contributed by atoms with E-state index in [1.807, 2.05) is 29.6 Å². The number of halogens is 1. The molecule has 2 heterocycles. The minimum atomic E-state index is -0.891. The Morgan fingerprint density at radius 3 is 2.48 bits per heavy atom. The smallest absolute Gasteiger partial charge is 0.407 e. The number of likely N-dealkylation sites (tertiary alicyclic amines) is 1. The summed E-state index contributed by atoms with van der Waals surface area (Å²) in [7, 11) is 0. The van der Waals surface area contributed by atoms with Gasteiger partial charge in [0.2, 0.25) is 0 Å². The molecule has 4 rings (SSSR count). The lowest BCUT2D eigenvalue weighted by Crippen LogP contribution is -2.39. The lowest BCUT2D eigenvalue weighted by atomic mass is 9.99. The topological polar surface area (TPSA) is 62.7 Å². The van der Waals surface area contributed by atoms with Gasteiger partial charge in [0.1, 0.15) is 11.6 Å². The maximum absolute atomic E-state index is 13.1. The van der Waals surface area contributed by atoms with Crippen LogP contribution in [-0.4, -0.2) is 40.3 Å². The molecule has 1 N–H and O–H groups in total. The van der Waals surface area contributed by atoms with Crippen LogP contribution in [0.4, 0.5) is 9.18 Å². The van der Waals surface area contributed by atoms with Gasteiger partial charge < -0.3 is 14.7 Å². The van der Waals surface area contributed by atoms with Crippen LogP contribution in [0.5, 0.6) is 5.75 Å². The monoisotopic (exact) mass is 412 g/mol. The molecule has 3 aromatic rings. The van der Waals surface area contributed by atoms with E-state index < -0.39 is 6.09 Å². The number of hydrogen-bond donors (Lipinski definition) is 1. The number of ether oxygens (including phenoxy) is 1. The molecule has 2 unspecified atom stereocenters. The van der Waals surface area contributed by atoms with E-state index in [1.54, 1.807) is 29.7 Å². The van der Waals surface area contributed by atoms with Crippen LogP contribution >= 0.6 is 11.3 Å². The molecule has 1 saturated heterocycles. The first-order valence-electron chi connectivity index (χ1n) is 9.47. The highest BCUT2D eigenvalue weighted by atomic mass is 32.1. The minimum absolute atomic E-state index is 0.117. The number of aromatic nitrogens is 1. The molecule has 1 aromatic heterocycles. The normalized spacial score (nSPS) is 18.7. The van der Waals surface area contributed by atoms with Crippen molar-refractivity contribution in [2.45, 2.75) is 18.9 Å². The van der Waals surface area contributed by atoms with Gasteiger partial charge in [-0.25, -0.2) is 14.2 Å². The number of carboxylic acid groups (broad SMARTS) is 1. The average molecular weight is 412 g/mol. The number of benzene rings is 2. The van der Waals surface area contributed by atoms with Gasteiger partial charge in [0.05, 0.1) is 11.6 Å². The fourth-order valence-electron chi connectivity index (χ4n) is 3.75. The van der Waals surface area contributed by atoms with Gasteiger partial charge in [0.25, 0.3) is 0 Å². The molecule has 0 aliphatic carbocycles. The Bertz CT molecular complexity index is 945. The molecule has 1 aliphatic heterocycles. The molecule has 2 atom stereocenters. The molecule has 0 saturated carbocycles. The maximum Gasteiger partial charge on any atom is 0.407 e. The Morgan fingerprint density at radius 1 is 1.17 bits per heavy atom. The summed E-state index contributed by atoms with van der Waals surface area (Å²) in [4.78, 5) is 17.4. The van der Waals surface area contributed by atoms with E-state index in [9.17, 15) is 14.3 Å². The first-order valence-corrected chi connectivity index (χ1v) is 10.3. The zero-order valence-electron chi connectivity index (χ0n) is 15.7. The number of amides is 1. The highest BCUT2D eigenvalue weighted by Gasteiger charge is 2.38. The Morgan fingerprint density at radius 2 is 1.86 bits per heavy atom. The fourth-order valence-corrected chi connectivity index (χ4v) is 4.42. The van der Waals surface area contributed by atoms with Crippen molar-refractivity contribution in [2.24, 2.45) is 5.92 Å². The number of thiazole rings is 1. The molecular formula is C22H21FN2O3S. The number of carbonyl (C=O) groups is 1. The van der Waals surface area contributed by atoms with Crippen molar-refractivity contribution in [1.29, 1.82) is 0 Å². The van der Waals surface area contributed by atoms with E-state index in [-0.39, 0.29) is 17.8 Å². The van der Waals surface area contributed by atoms with Crippen LogP contribution in [0.2, 0.25) is 0 Å². The van der Waals surface area contributed by atoms with Gasteiger partial charge in [0.15, 0.2) is 0 Å². The molecule has 0 bridgehead atoms. The first kappa shape index (κ1) is 19.4. The molecule has 5 nitrogen and oxygen atoms in total. The van der Waals surface area contributed by atoms with Crippen LogP contribution in [0.25, 0.3) is 11.1 Å². The van der Waals surface area contributed by atoms with Gasteiger partial charge in [0, 0.05) is 36.5 Å². The van der Waals surface area contributed by atoms with Crippen molar-refractivity contribution in [3.63, 3.8) is 0 Å². The Hall–Kier alpha value is -2.93. The van der Waals surface area contributed by atoms with E-state index in [0.717, 1.165) is 28.3 Å². The predicted octanol–water partition coefficient (Wildman–Crippen LogP) is 4.94. The van der Waals surface area contributed by atoms with Crippen LogP contribution in [-0.2, 0) is 6.42 Å². The molecule has 1 aliphatic rings. The summed E-state index contributed by atoms with van der Waals surface area (Å²) in [6.45, 7) is 0.971. The summed E-state index contributed by atoms with van der Waals surface area (Å²) in [5, 5.41) is 12.4. The van der Waals surface area contributed by atoms with Crippen molar-refractivity contribution in [2.75, 3.05) is 13.2 Å². The van der Waals surface area contributed by atoms with Gasteiger partial charge in [-0.2, -0.15) is 0 Å². The van der Waals surface area contributed by atoms with E-state index in [0.29, 0.717) is 19.6 Å². The summed E-state index contributed by atoms with van der Waals surface area (Å²) < 4.78 is 19.1. The van der Waals surface area contributed by atoms with Gasteiger partial charge >= 0.3 is 6.09 Å². The average Bonchev–Trinajstić information content (AvgIpc) is 3.38. The summed E-state index contributed by atoms with van der Waals surface area (Å²) in [6, 6.07) is 13.9. The number of hydrogen-bond acceptors (Lipinski definition) is 4. The van der Waals surface area contributed by atoms with E-state index in [4.69, 9.17) is 4.74 Å². The second-order valence-electron chi connectivity index (χ2n) is 7.06. The second kappa shape index (κ2) is 8.61. The largest absolute Gasteiger partial charge is 0.493 e. The summed E-state index contributed by atoms with van der Waals surface area (Å²) in [5.41, 5.74) is 1.92. The lowest BCUT2D eigenvalue weighted by Gasteiger charge is -2.25. The van der Waals surface area contributed by atoms with Crippen LogP contribution in [0.15, 0.2) is 60.1 Å². The first-order chi connectivity index (χ1) is 14.1. The molecular weight excluding hydrogens is 391 g/mol. The van der Waals surface area contributed by atoms with Crippen LogP contribution < -0.4 is 4.74 Å². The summed E-state index contributed by atoms with van der Waals surface area (Å²) in [6.07, 6.45) is 2.24. The SMILES string of the molecule is O=C(O)N1CCC(COc2ccc(-c3ccc(F)cc3)cc2)C1Cc1nccs1. The molecule has 1 fully saturated rings. The minimum Gasteiger partial charge on any atom is -0.493 e. The zero-order valence-corrected chi connectivity index (χ0v) is 16.5. The molecule has 150 valence electrons. The van der Waals surface area contributed by atoms with E-state index in [1.165, 1.54) is 17.0 Å². The van der Waals surface area contributed by atoms with E-state index in [2.05, 4.69) is 4.98 Å². The van der Waals surface area contributed by atoms with Crippen LogP contribution in [0.1, 0.15) is 11.4 Å². The quantitative estimate of drug-likeness (QED) is 0.623. The third-order valence-corrected chi connectivity index (χ3v) is 6.10. The highest BCUT2D eigenvalue weighted by Crippen LogP contribution is 2.29. The van der Waals surface area contributed by atoms with Gasteiger partial charge in [-0.05, 0) is 41.8 Å². The Balaban J connectivity index is 1.40. The highest BCUT2D eigenvalue weighted by molar-refractivity contribution is 7.09. The van der Waals surface area contributed by atoms with Crippen molar-refractivity contribution >= 4 is 17.4 Å². The molecule has 0 radical (unpaired) electrons. The molecule has 1 amide bonds. The van der Waals surface area contributed by atoms with E-state index >= 15 is 0 Å². The summed E-state index contributed by atoms with van der Waals surface area (Å²) in [5.74, 6) is 0.595. The van der Waals surface area contributed by atoms with Gasteiger partial charge in [-0.15, -0.1) is 11.3 Å². The fraction of sp³-hybridized carbons (Fsp3) is 0.273. The molecule has 0 spiro atoms. The maximum atomic E-state index is 13.1. The van der Waals surface area contributed by atoms with Crippen molar-refractivity contribution < 1.29 is 19.0 Å². The Labute approximate surface area is 172 Å². The van der Waals surface area contributed by atoms with Crippen molar-refractivity contribution in [1.82, 2.24) is 9.88 Å². The zero-order chi connectivity index (χ0) is 20.2. The summed E-state index contributed by atoms with van der Waals surface area (Å²) >= 11 is 1.55. The Kier molecular flexibility index (Phi) is 5.76. The number of rotatable bonds is 6. The lowest BCUT2D eigenvalue weighted by molar-refractivity contribution is 0.127. The third-order valence-electron chi connectivity index (χ3n) is 5.29. The molecule has 2 aromatic carbocycles. The van der Waals surface area contributed by atoms with Gasteiger partial charge in [-0.1, -0.05) is 24.3 Å². The van der Waals surface area contributed by atoms with Gasteiger partial charge in [-0.3, -0.25) is 0 Å². The standard InChI is InChI=1S/C22H21FN2O3S/c23-18-5-1-15(2-6-18)16-3-7-19(8-4-16)28-14-17-9-11-25(22(26)27)20(17)13-21-24-10-12-29-21/h1-8,10,12,17,20H,9,11,13-14H2,(H,26,27). The molecule has 29 heavy (non-hydrogen) atoms. The van der Waals surface area contributed by atoms with Crippen LogP contribution in [0.3, 0.4) is 0 Å². The van der Waals surface area contributed by atoms with Crippen molar-refractivity contribution in [3.05, 3.63) is 70.9 Å². The van der Waals surface area contributed by atoms with Crippen LogP contribution in [0, 0.1) is 11.7 Å². The predicted molar refractivity (Wildman–Crippen MR) is 110 cm³/mol. The molecule has 7 heteroatoms. The second-order valence-corrected chi connectivity index (χ2v) is 8.04. The van der Waals surface area contributed by atoms with Crippen molar-refractivity contribution in [3.8, 4) is 16.9 Å². The third kappa shape index (κ3) is 4.56. The number of nitrogens with zero attached hydrogens (tertiary/aromatic N) is 2.